The molecule has 4 aromatic rings. The average molecular weight is 730 g/mol. The van der Waals surface area contributed by atoms with Gasteiger partial charge in [0.2, 0.25) is 11.7 Å². The lowest BCUT2D eigenvalue weighted by atomic mass is 9.76. The molecule has 6 rings (SSSR count). The number of imidazole rings is 1. The molecule has 51 heavy (non-hydrogen) atoms. The van der Waals surface area contributed by atoms with E-state index < -0.39 is 13.0 Å². The minimum absolute atomic E-state index is 0.0322. The zero-order chi connectivity index (χ0) is 36.2. The van der Waals surface area contributed by atoms with Crippen molar-refractivity contribution < 1.29 is 36.9 Å². The minimum Gasteiger partial charge on any atom is -0.493 e. The molecule has 0 radical (unpaired) electrons. The molecule has 3 heterocycles. The Morgan fingerprint density at radius 3 is 2.31 bits per heavy atom. The second-order valence-electron chi connectivity index (χ2n) is 13.0. The third kappa shape index (κ3) is 8.15. The predicted molar refractivity (Wildman–Crippen MR) is 189 cm³/mol. The van der Waals surface area contributed by atoms with E-state index >= 15 is 0 Å². The quantitative estimate of drug-likeness (QED) is 0.161. The number of carbonyl (C=O) groups excluding carboxylic acids is 1. The first kappa shape index (κ1) is 36.6. The molecule has 0 N–H and O–H groups in total. The number of para-hydroxylation sites is 2. The standard InChI is InChI=1S/C37H43ClF3N5O5/c1-48-31-23-26(24-32(49-2)33(31)50-3)34(47)45-18-14-36(25-45,27-9-11-28(38)12-10-27)13-17-43-15-6-16-44(20-19-43)35-42-29-7-4-5-8-30(29)46(35)21-22-51-37(39,40)41/h4-5,7-12,23-24H,6,13-22,25H2,1-3H3. The zero-order valence-corrected chi connectivity index (χ0v) is 29.8. The molecular formula is C37H43ClF3N5O5. The molecule has 3 aromatic carbocycles. The van der Waals surface area contributed by atoms with Crippen LogP contribution in [-0.4, -0.2) is 105 Å². The van der Waals surface area contributed by atoms with E-state index in [-0.39, 0.29) is 17.9 Å². The SMILES string of the molecule is COc1cc(C(=O)N2CCC(CCN3CCCN(c4nc5ccccc5n4CCOC(F)(F)F)CC3)(c3ccc(Cl)cc3)C2)cc(OC)c1OC. The molecule has 1 aromatic heterocycles. The van der Waals surface area contributed by atoms with Crippen molar-refractivity contribution in [2.24, 2.45) is 0 Å². The van der Waals surface area contributed by atoms with Crippen molar-refractivity contribution in [3.8, 4) is 17.2 Å². The summed E-state index contributed by atoms with van der Waals surface area (Å²) in [5.41, 5.74) is 2.81. The molecule has 0 bridgehead atoms. The zero-order valence-electron chi connectivity index (χ0n) is 29.0. The van der Waals surface area contributed by atoms with Crippen molar-refractivity contribution >= 4 is 34.5 Å². The van der Waals surface area contributed by atoms with Gasteiger partial charge < -0.3 is 33.5 Å². The fourth-order valence-corrected chi connectivity index (χ4v) is 7.49. The summed E-state index contributed by atoms with van der Waals surface area (Å²) in [4.78, 5) is 25.3. The number of benzene rings is 3. The van der Waals surface area contributed by atoms with Crippen molar-refractivity contribution in [3.63, 3.8) is 0 Å². The van der Waals surface area contributed by atoms with Crippen LogP contribution < -0.4 is 19.1 Å². The molecule has 0 aliphatic carbocycles. The maximum atomic E-state index is 14.0. The van der Waals surface area contributed by atoms with Crippen LogP contribution in [0, 0.1) is 0 Å². The van der Waals surface area contributed by atoms with E-state index in [0.29, 0.717) is 53.4 Å². The van der Waals surface area contributed by atoms with Crippen LogP contribution in [-0.2, 0) is 16.7 Å². The van der Waals surface area contributed by atoms with Gasteiger partial charge in [-0.05, 0) is 74.3 Å². The van der Waals surface area contributed by atoms with Gasteiger partial charge in [0.25, 0.3) is 5.91 Å². The first-order valence-corrected chi connectivity index (χ1v) is 17.4. The van der Waals surface area contributed by atoms with Gasteiger partial charge in [-0.2, -0.15) is 0 Å². The number of hydrogen-bond acceptors (Lipinski definition) is 8. The van der Waals surface area contributed by atoms with Gasteiger partial charge in [-0.1, -0.05) is 35.9 Å². The van der Waals surface area contributed by atoms with E-state index in [9.17, 15) is 18.0 Å². The van der Waals surface area contributed by atoms with Crippen LogP contribution in [0.3, 0.4) is 0 Å². The predicted octanol–water partition coefficient (Wildman–Crippen LogP) is 6.64. The number of methoxy groups -OCH3 is 3. The number of aromatic nitrogens is 2. The second-order valence-corrected chi connectivity index (χ2v) is 13.4. The van der Waals surface area contributed by atoms with Gasteiger partial charge in [0.15, 0.2) is 11.5 Å². The van der Waals surface area contributed by atoms with Gasteiger partial charge in [-0.3, -0.25) is 9.53 Å². The number of rotatable bonds is 12. The fourth-order valence-electron chi connectivity index (χ4n) is 7.36. The van der Waals surface area contributed by atoms with Crippen molar-refractivity contribution in [2.75, 3.05) is 78.6 Å². The summed E-state index contributed by atoms with van der Waals surface area (Å²) in [6.07, 6.45) is -2.22. The highest BCUT2D eigenvalue weighted by Crippen LogP contribution is 2.42. The molecular weight excluding hydrogens is 687 g/mol. The van der Waals surface area contributed by atoms with Crippen molar-refractivity contribution in [3.05, 3.63) is 76.8 Å². The molecule has 0 saturated carbocycles. The third-order valence-corrected chi connectivity index (χ3v) is 10.3. The Morgan fingerprint density at radius 1 is 0.902 bits per heavy atom. The lowest BCUT2D eigenvalue weighted by molar-refractivity contribution is -0.325. The largest absolute Gasteiger partial charge is 0.522 e. The highest BCUT2D eigenvalue weighted by Gasteiger charge is 2.42. The van der Waals surface area contributed by atoms with Crippen LogP contribution in [0.2, 0.25) is 5.02 Å². The number of hydrogen-bond donors (Lipinski definition) is 0. The normalized spacial score (nSPS) is 18.6. The average Bonchev–Trinajstić information content (AvgIpc) is 3.64. The summed E-state index contributed by atoms with van der Waals surface area (Å²) in [6, 6.07) is 18.8. The van der Waals surface area contributed by atoms with Crippen LogP contribution in [0.1, 0.15) is 35.2 Å². The number of ether oxygens (including phenoxy) is 4. The van der Waals surface area contributed by atoms with Crippen molar-refractivity contribution in [1.29, 1.82) is 0 Å². The van der Waals surface area contributed by atoms with Crippen LogP contribution >= 0.6 is 11.6 Å². The summed E-state index contributed by atoms with van der Waals surface area (Å²) >= 11 is 6.30. The van der Waals surface area contributed by atoms with Crippen LogP contribution in [0.4, 0.5) is 19.1 Å². The number of alkyl halides is 3. The Labute approximate surface area is 300 Å². The number of nitrogens with zero attached hydrogens (tertiary/aromatic N) is 5. The molecule has 2 saturated heterocycles. The topological polar surface area (TPSA) is 81.5 Å². The summed E-state index contributed by atoms with van der Waals surface area (Å²) < 4.78 is 60.8. The van der Waals surface area contributed by atoms with Gasteiger partial charge >= 0.3 is 6.36 Å². The summed E-state index contributed by atoms with van der Waals surface area (Å²) in [6.45, 7) is 4.47. The second kappa shape index (κ2) is 15.6. The Hall–Kier alpha value is -4.20. The molecule has 2 aliphatic rings. The van der Waals surface area contributed by atoms with E-state index in [1.165, 1.54) is 21.3 Å². The monoisotopic (exact) mass is 729 g/mol. The molecule has 274 valence electrons. The Morgan fingerprint density at radius 2 is 1.63 bits per heavy atom. The maximum absolute atomic E-state index is 14.0. The maximum Gasteiger partial charge on any atom is 0.522 e. The Balaban J connectivity index is 1.17. The molecule has 10 nitrogen and oxygen atoms in total. The van der Waals surface area contributed by atoms with Crippen LogP contribution in [0.25, 0.3) is 11.0 Å². The molecule has 1 atom stereocenters. The minimum atomic E-state index is -4.69. The van der Waals surface area contributed by atoms with Crippen LogP contribution in [0.15, 0.2) is 60.7 Å². The number of halogens is 4. The van der Waals surface area contributed by atoms with Gasteiger partial charge in [0.1, 0.15) is 0 Å². The van der Waals surface area contributed by atoms with Crippen molar-refractivity contribution in [2.45, 2.75) is 37.6 Å². The highest BCUT2D eigenvalue weighted by molar-refractivity contribution is 6.30. The summed E-state index contributed by atoms with van der Waals surface area (Å²) in [5, 5.41) is 0.654. The van der Waals surface area contributed by atoms with Gasteiger partial charge in [0.05, 0.1) is 39.0 Å². The number of likely N-dealkylation sites (tertiary alicyclic amines) is 1. The van der Waals surface area contributed by atoms with E-state index in [2.05, 4.69) is 26.7 Å². The molecule has 1 amide bonds. The third-order valence-electron chi connectivity index (χ3n) is 10.0. The first-order valence-electron chi connectivity index (χ1n) is 17.0. The molecule has 2 fully saturated rings. The molecule has 2 aliphatic heterocycles. The fraction of sp³-hybridized carbons (Fsp3) is 0.459. The lowest BCUT2D eigenvalue weighted by Gasteiger charge is -2.33. The summed E-state index contributed by atoms with van der Waals surface area (Å²) in [5.74, 6) is 1.81. The van der Waals surface area contributed by atoms with Gasteiger partial charge in [-0.25, -0.2) is 4.98 Å². The molecule has 0 spiro atoms. The van der Waals surface area contributed by atoms with E-state index in [4.69, 9.17) is 30.8 Å². The van der Waals surface area contributed by atoms with Gasteiger partial charge in [0, 0.05) is 55.3 Å². The van der Waals surface area contributed by atoms with E-state index in [1.54, 1.807) is 12.1 Å². The van der Waals surface area contributed by atoms with E-state index in [0.717, 1.165) is 62.0 Å². The molecule has 1 unspecified atom stereocenters. The van der Waals surface area contributed by atoms with Gasteiger partial charge in [-0.15, -0.1) is 13.2 Å². The Kier molecular flexibility index (Phi) is 11.2. The highest BCUT2D eigenvalue weighted by atomic mass is 35.5. The lowest BCUT2D eigenvalue weighted by Crippen LogP contribution is -2.39. The number of amides is 1. The number of carbonyl (C=O) groups is 1. The van der Waals surface area contributed by atoms with E-state index in [1.807, 2.05) is 45.9 Å². The van der Waals surface area contributed by atoms with Crippen LogP contribution in [0.5, 0.6) is 17.2 Å². The number of fused-ring (bicyclic) bond motifs is 1. The smallest absolute Gasteiger partial charge is 0.493 e. The first-order chi connectivity index (χ1) is 24.5. The summed E-state index contributed by atoms with van der Waals surface area (Å²) in [7, 11) is 4.58. The molecule has 14 heteroatoms. The van der Waals surface area contributed by atoms with Crippen molar-refractivity contribution in [1.82, 2.24) is 19.4 Å². The Bertz CT molecular complexity index is 1800. The number of anilines is 1.